The average molecular weight is 366 g/mol. The van der Waals surface area contributed by atoms with E-state index in [9.17, 15) is 4.79 Å². The van der Waals surface area contributed by atoms with Crippen LogP contribution in [0.5, 0.6) is 0 Å². The van der Waals surface area contributed by atoms with Crippen molar-refractivity contribution in [1.29, 1.82) is 0 Å². The van der Waals surface area contributed by atoms with Gasteiger partial charge >= 0.3 is 0 Å². The van der Waals surface area contributed by atoms with Crippen LogP contribution in [0.4, 0.5) is 10.8 Å². The van der Waals surface area contributed by atoms with Gasteiger partial charge in [0.25, 0.3) is 0 Å². The van der Waals surface area contributed by atoms with Crippen LogP contribution in [-0.2, 0) is 11.2 Å². The minimum Gasteiger partial charge on any atom is -0.325 e. The maximum atomic E-state index is 12.5. The number of hydrogen-bond donors (Lipinski definition) is 2. The van der Waals surface area contributed by atoms with Gasteiger partial charge in [0.05, 0.1) is 16.6 Å². The van der Waals surface area contributed by atoms with Gasteiger partial charge in [-0.15, -0.1) is 0 Å². The number of aromatic nitrogens is 1. The van der Waals surface area contributed by atoms with Crippen molar-refractivity contribution in [3.8, 4) is 0 Å². The smallest absolute Gasteiger partial charge is 0.228 e. The highest BCUT2D eigenvalue weighted by molar-refractivity contribution is 7.22. The molecule has 3 rings (SSSR count). The van der Waals surface area contributed by atoms with Crippen molar-refractivity contribution >= 4 is 44.0 Å². The molecule has 5 nitrogen and oxygen atoms in total. The molecule has 1 heterocycles. The molecule has 0 saturated carbocycles. The van der Waals surface area contributed by atoms with Crippen LogP contribution in [0.25, 0.3) is 10.2 Å². The molecule has 0 bridgehead atoms. The summed E-state index contributed by atoms with van der Waals surface area (Å²) < 4.78 is 1.05. The first kappa shape index (κ1) is 18.1. The molecule has 1 amide bonds. The van der Waals surface area contributed by atoms with E-state index < -0.39 is 0 Å². The van der Waals surface area contributed by atoms with Gasteiger partial charge in [-0.1, -0.05) is 41.7 Å². The number of nitrogens with zero attached hydrogens (tertiary/aromatic N) is 2. The van der Waals surface area contributed by atoms with E-state index >= 15 is 0 Å². The van der Waals surface area contributed by atoms with Crippen LogP contribution in [-0.4, -0.2) is 16.6 Å². The maximum Gasteiger partial charge on any atom is 0.228 e. The lowest BCUT2D eigenvalue weighted by Gasteiger charge is -2.12. The number of anilines is 2. The van der Waals surface area contributed by atoms with Crippen molar-refractivity contribution in [1.82, 2.24) is 4.98 Å². The molecule has 0 saturated heterocycles. The lowest BCUT2D eigenvalue weighted by Crippen LogP contribution is -2.16. The van der Waals surface area contributed by atoms with Gasteiger partial charge in [0.2, 0.25) is 11.0 Å². The lowest BCUT2D eigenvalue weighted by atomic mass is 10.1. The topological polar surface area (TPSA) is 66.4 Å². The predicted molar refractivity (Wildman–Crippen MR) is 110 cm³/mol. The fourth-order valence-corrected chi connectivity index (χ4v) is 3.64. The molecule has 6 heteroatoms. The minimum atomic E-state index is -0.0178. The third-order valence-corrected chi connectivity index (χ3v) is 5.06. The van der Waals surface area contributed by atoms with E-state index in [0.717, 1.165) is 43.4 Å². The Morgan fingerprint density at radius 1 is 1.19 bits per heavy atom. The summed E-state index contributed by atoms with van der Waals surface area (Å²) in [5.74, 6) is -0.0178. The number of carbonyl (C=O) groups is 1. The molecule has 0 atom stereocenters. The van der Waals surface area contributed by atoms with E-state index in [-0.39, 0.29) is 5.91 Å². The van der Waals surface area contributed by atoms with Crippen LogP contribution in [0.15, 0.2) is 41.5 Å². The van der Waals surface area contributed by atoms with Crippen LogP contribution in [0.3, 0.4) is 0 Å². The zero-order chi connectivity index (χ0) is 18.7. The number of nitrogens with one attached hydrogen (secondary N) is 2. The molecule has 0 spiro atoms. The van der Waals surface area contributed by atoms with Crippen LogP contribution in [0.2, 0.25) is 0 Å². The van der Waals surface area contributed by atoms with Crippen LogP contribution < -0.4 is 10.7 Å². The van der Waals surface area contributed by atoms with E-state index in [0.29, 0.717) is 6.42 Å². The van der Waals surface area contributed by atoms with E-state index in [1.807, 2.05) is 64.1 Å². The van der Waals surface area contributed by atoms with E-state index in [4.69, 9.17) is 0 Å². The average Bonchev–Trinajstić information content (AvgIpc) is 3.01. The molecule has 2 aromatic carbocycles. The van der Waals surface area contributed by atoms with Crippen molar-refractivity contribution in [3.05, 3.63) is 53.1 Å². The van der Waals surface area contributed by atoms with Gasteiger partial charge in [0, 0.05) is 11.4 Å². The molecule has 0 unspecified atom stereocenters. The first-order valence-corrected chi connectivity index (χ1v) is 9.27. The van der Waals surface area contributed by atoms with Crippen LogP contribution >= 0.6 is 11.3 Å². The molecule has 0 aliphatic carbocycles. The standard InChI is InChI=1S/C20H22N4OS/c1-12(2)23-24-20-21-16-10-13(3)18(14(4)19(16)26-20)22-17(25)11-15-8-6-5-7-9-15/h5-10H,11H2,1-4H3,(H,21,24)(H,22,25). The minimum absolute atomic E-state index is 0.0178. The van der Waals surface area contributed by atoms with Crippen molar-refractivity contribution in [2.75, 3.05) is 10.7 Å². The molecule has 0 aliphatic heterocycles. The number of aryl methyl sites for hydroxylation is 2. The predicted octanol–water partition coefficient (Wildman–Crippen LogP) is 4.90. The van der Waals surface area contributed by atoms with Crippen LogP contribution in [0.1, 0.15) is 30.5 Å². The largest absolute Gasteiger partial charge is 0.325 e. The second kappa shape index (κ2) is 7.66. The summed E-state index contributed by atoms with van der Waals surface area (Å²) >= 11 is 1.54. The third kappa shape index (κ3) is 4.08. The Balaban J connectivity index is 1.86. The number of carbonyl (C=O) groups excluding carboxylic acids is 1. The first-order chi connectivity index (χ1) is 12.4. The Kier molecular flexibility index (Phi) is 5.32. The number of fused-ring (bicyclic) bond motifs is 1. The third-order valence-electron chi connectivity index (χ3n) is 3.96. The number of rotatable bonds is 5. The SMILES string of the molecule is CC(C)=NNc1nc2cc(C)c(NC(=O)Cc3ccccc3)c(C)c2s1. The molecule has 2 N–H and O–H groups in total. The van der Waals surface area contributed by atoms with Gasteiger partial charge in [-0.25, -0.2) is 4.98 Å². The highest BCUT2D eigenvalue weighted by Crippen LogP contribution is 2.35. The fourth-order valence-electron chi connectivity index (χ4n) is 2.75. The number of amides is 1. The number of thiazole rings is 1. The molecule has 26 heavy (non-hydrogen) atoms. The zero-order valence-corrected chi connectivity index (χ0v) is 16.2. The Labute approximate surface area is 157 Å². The molecule has 0 aliphatic rings. The van der Waals surface area contributed by atoms with Crippen molar-refractivity contribution in [3.63, 3.8) is 0 Å². The Bertz CT molecular complexity index is 972. The molecular weight excluding hydrogens is 344 g/mol. The van der Waals surface area contributed by atoms with Gasteiger partial charge < -0.3 is 5.32 Å². The first-order valence-electron chi connectivity index (χ1n) is 8.45. The molecular formula is C20H22N4OS. The molecule has 0 radical (unpaired) electrons. The van der Waals surface area contributed by atoms with E-state index in [1.165, 1.54) is 11.3 Å². The lowest BCUT2D eigenvalue weighted by molar-refractivity contribution is -0.115. The Morgan fingerprint density at radius 3 is 2.62 bits per heavy atom. The Morgan fingerprint density at radius 2 is 1.92 bits per heavy atom. The van der Waals surface area contributed by atoms with Gasteiger partial charge in [0.15, 0.2) is 0 Å². The molecule has 3 aromatic rings. The fraction of sp³-hybridized carbons (Fsp3) is 0.250. The molecule has 0 fully saturated rings. The van der Waals surface area contributed by atoms with Gasteiger partial charge in [-0.2, -0.15) is 5.10 Å². The van der Waals surface area contributed by atoms with Gasteiger partial charge in [0.1, 0.15) is 0 Å². The van der Waals surface area contributed by atoms with Gasteiger partial charge in [-0.05, 0) is 50.5 Å². The highest BCUT2D eigenvalue weighted by atomic mass is 32.1. The monoisotopic (exact) mass is 366 g/mol. The Hall–Kier alpha value is -2.73. The number of hydrazone groups is 1. The van der Waals surface area contributed by atoms with E-state index in [2.05, 4.69) is 20.8 Å². The van der Waals surface area contributed by atoms with Crippen molar-refractivity contribution in [2.24, 2.45) is 5.10 Å². The van der Waals surface area contributed by atoms with E-state index in [1.54, 1.807) is 0 Å². The normalized spacial score (nSPS) is 10.6. The summed E-state index contributed by atoms with van der Waals surface area (Å²) in [5, 5.41) is 8.02. The highest BCUT2D eigenvalue weighted by Gasteiger charge is 2.14. The number of hydrogen-bond acceptors (Lipinski definition) is 5. The van der Waals surface area contributed by atoms with Crippen molar-refractivity contribution < 1.29 is 4.79 Å². The second-order valence-corrected chi connectivity index (χ2v) is 7.44. The maximum absolute atomic E-state index is 12.5. The summed E-state index contributed by atoms with van der Waals surface area (Å²) in [6.45, 7) is 7.86. The van der Waals surface area contributed by atoms with Crippen molar-refractivity contribution in [2.45, 2.75) is 34.1 Å². The summed E-state index contributed by atoms with van der Waals surface area (Å²) in [6.07, 6.45) is 0.359. The summed E-state index contributed by atoms with van der Waals surface area (Å²) in [7, 11) is 0. The molecule has 134 valence electrons. The van der Waals surface area contributed by atoms with Gasteiger partial charge in [-0.3, -0.25) is 10.2 Å². The quantitative estimate of drug-likeness (QED) is 0.498. The molecule has 1 aromatic heterocycles. The van der Waals surface area contributed by atoms with Crippen LogP contribution in [0, 0.1) is 13.8 Å². The summed E-state index contributed by atoms with van der Waals surface area (Å²) in [5.41, 5.74) is 8.73. The second-order valence-electron chi connectivity index (χ2n) is 6.44. The summed E-state index contributed by atoms with van der Waals surface area (Å²) in [4.78, 5) is 17.0. The summed E-state index contributed by atoms with van der Waals surface area (Å²) in [6, 6.07) is 11.8. The zero-order valence-electron chi connectivity index (χ0n) is 15.4. The number of benzene rings is 2.